The van der Waals surface area contributed by atoms with E-state index in [2.05, 4.69) is 0 Å². The third-order valence-corrected chi connectivity index (χ3v) is 1.29. The van der Waals surface area contributed by atoms with Crippen molar-refractivity contribution in [3.63, 3.8) is 0 Å². The van der Waals surface area contributed by atoms with E-state index in [1.165, 1.54) is 0 Å². The molecule has 0 aliphatic heterocycles. The summed E-state index contributed by atoms with van der Waals surface area (Å²) >= 11 is 0. The number of aliphatic hydroxyl groups is 1. The molecule has 0 aromatic carbocycles. The Morgan fingerprint density at radius 2 is 1.20 bits per heavy atom. The van der Waals surface area contributed by atoms with Crippen molar-refractivity contribution in [2.45, 2.75) is 18.4 Å². The van der Waals surface area contributed by atoms with Crippen molar-refractivity contribution in [3.8, 4) is 0 Å². The molecule has 0 aromatic rings. The van der Waals surface area contributed by atoms with Gasteiger partial charge in [-0.1, -0.05) is 0 Å². The molecule has 7 nitrogen and oxygen atoms in total. The first-order valence-corrected chi connectivity index (χ1v) is 3.17. The number of carboxylic acid groups (broad SMARTS) is 3. The van der Waals surface area contributed by atoms with Crippen LogP contribution in [0.1, 0.15) is 12.8 Å². The first-order valence-electron chi connectivity index (χ1n) is 3.17. The zero-order chi connectivity index (χ0) is 10.6. The molecule has 0 fully saturated rings. The van der Waals surface area contributed by atoms with Gasteiger partial charge in [-0.25, -0.2) is 4.79 Å². The summed E-state index contributed by atoms with van der Waals surface area (Å²) in [6.45, 7) is 0. The van der Waals surface area contributed by atoms with E-state index in [-0.39, 0.29) is 37.0 Å². The molecule has 82 valence electrons. The zero-order valence-corrected chi connectivity index (χ0v) is 10.4. The largest absolute Gasteiger partial charge is 1.00 e. The number of hydrogen-bond acceptors (Lipinski definition) is 4. The summed E-state index contributed by atoms with van der Waals surface area (Å²) in [4.78, 5) is 30.5. The zero-order valence-electron chi connectivity index (χ0n) is 8.43. The smallest absolute Gasteiger partial charge is 0.481 e. The minimum absolute atomic E-state index is 0. The van der Waals surface area contributed by atoms with Crippen molar-refractivity contribution < 1.29 is 64.4 Å². The van der Waals surface area contributed by atoms with Gasteiger partial charge in [0.05, 0.1) is 12.8 Å². The van der Waals surface area contributed by atoms with Gasteiger partial charge in [0.15, 0.2) is 5.60 Å². The second-order valence-corrected chi connectivity index (χ2v) is 2.48. The second kappa shape index (κ2) is 7.63. The average molecular weight is 230 g/mol. The predicted molar refractivity (Wildman–Crippen MR) is 43.5 cm³/mol. The molecule has 0 aliphatic carbocycles. The van der Waals surface area contributed by atoms with Crippen LogP contribution in [0.3, 0.4) is 0 Å². The Balaban J connectivity index is -0.000000720. The molecule has 4 N–H and O–H groups in total. The maximum Gasteiger partial charge on any atom is 1.00 e. The second-order valence-electron chi connectivity index (χ2n) is 2.48. The summed E-state index contributed by atoms with van der Waals surface area (Å²) < 4.78 is 0. The third-order valence-electron chi connectivity index (χ3n) is 1.29. The van der Waals surface area contributed by atoms with Gasteiger partial charge in [0.1, 0.15) is 0 Å². The van der Waals surface area contributed by atoms with Gasteiger partial charge >= 0.3 is 47.5 Å². The van der Waals surface area contributed by atoms with Crippen molar-refractivity contribution >= 4 is 17.9 Å². The summed E-state index contributed by atoms with van der Waals surface area (Å²) in [6.07, 6.45) is -2.29. The van der Waals surface area contributed by atoms with Crippen LogP contribution in [0.2, 0.25) is 0 Å². The van der Waals surface area contributed by atoms with Crippen molar-refractivity contribution in [1.82, 2.24) is 0 Å². The Morgan fingerprint density at radius 1 is 0.933 bits per heavy atom. The first-order chi connectivity index (χ1) is 5.78. The Bertz CT molecular complexity index is 234. The standard InChI is InChI=1S/C6H8O7.CH3.Na/c7-3(8)1-6(13,5(11)12)2-4(9)10;;/h13H,1-2H2,(H,7,8)(H,9,10)(H,11,12);1H3;/q;-1;+1. The molecular weight excluding hydrogens is 219 g/mol. The van der Waals surface area contributed by atoms with Gasteiger partial charge in [-0.3, -0.25) is 9.59 Å². The topological polar surface area (TPSA) is 132 Å². The van der Waals surface area contributed by atoms with Crippen LogP contribution >= 0.6 is 0 Å². The van der Waals surface area contributed by atoms with E-state index >= 15 is 0 Å². The summed E-state index contributed by atoms with van der Waals surface area (Å²) in [5.41, 5.74) is -2.74. The van der Waals surface area contributed by atoms with Crippen molar-refractivity contribution in [2.75, 3.05) is 0 Å². The van der Waals surface area contributed by atoms with Crippen LogP contribution in [0.15, 0.2) is 0 Å². The fourth-order valence-corrected chi connectivity index (χ4v) is 0.714. The van der Waals surface area contributed by atoms with Gasteiger partial charge in [0.2, 0.25) is 0 Å². The van der Waals surface area contributed by atoms with Crippen molar-refractivity contribution in [1.29, 1.82) is 0 Å². The van der Waals surface area contributed by atoms with Crippen LogP contribution in [0.4, 0.5) is 0 Å². The molecule has 0 aliphatic rings. The Morgan fingerprint density at radius 3 is 1.33 bits per heavy atom. The quantitative estimate of drug-likeness (QED) is 0.281. The van der Waals surface area contributed by atoms with Gasteiger partial charge in [-0.15, -0.1) is 0 Å². The maximum absolute atomic E-state index is 10.3. The normalized spacial score (nSPS) is 9.40. The van der Waals surface area contributed by atoms with Gasteiger partial charge in [-0.05, 0) is 0 Å². The van der Waals surface area contributed by atoms with Crippen LogP contribution in [-0.2, 0) is 14.4 Å². The average Bonchev–Trinajstić information content (AvgIpc) is 1.82. The van der Waals surface area contributed by atoms with E-state index in [1.54, 1.807) is 0 Å². The minimum Gasteiger partial charge on any atom is -0.481 e. The summed E-state index contributed by atoms with van der Waals surface area (Å²) in [5, 5.41) is 33.8. The van der Waals surface area contributed by atoms with E-state index in [4.69, 9.17) is 20.4 Å². The van der Waals surface area contributed by atoms with E-state index in [0.717, 1.165) is 0 Å². The molecule has 0 unspecified atom stereocenters. The number of carboxylic acids is 3. The molecule has 0 aromatic heterocycles. The molecule has 0 spiro atoms. The van der Waals surface area contributed by atoms with E-state index in [0.29, 0.717) is 0 Å². The number of carbonyl (C=O) groups is 3. The molecule has 15 heavy (non-hydrogen) atoms. The SMILES string of the molecule is O=C(O)CC(O)(CC(=O)O)C(=O)O.[CH3-].[Na+]. The number of hydrogen-bond donors (Lipinski definition) is 4. The fourth-order valence-electron chi connectivity index (χ4n) is 0.714. The Kier molecular flexibility index (Phi) is 10.1. The number of rotatable bonds is 5. The van der Waals surface area contributed by atoms with Crippen LogP contribution in [-0.4, -0.2) is 43.9 Å². The van der Waals surface area contributed by atoms with Gasteiger partial charge in [-0.2, -0.15) is 0 Å². The summed E-state index contributed by atoms with van der Waals surface area (Å²) in [5.74, 6) is -5.02. The Labute approximate surface area is 108 Å². The summed E-state index contributed by atoms with van der Waals surface area (Å²) in [6, 6.07) is 0. The maximum atomic E-state index is 10.3. The van der Waals surface area contributed by atoms with Gasteiger partial charge < -0.3 is 27.9 Å². The van der Waals surface area contributed by atoms with Crippen molar-refractivity contribution in [2.24, 2.45) is 0 Å². The monoisotopic (exact) mass is 230 g/mol. The molecule has 0 bridgehead atoms. The minimum atomic E-state index is -2.74. The molecule has 0 atom stereocenters. The molecular formula is C7H11NaO7. The van der Waals surface area contributed by atoms with Crippen LogP contribution in [0.25, 0.3) is 0 Å². The molecule has 0 amide bonds. The van der Waals surface area contributed by atoms with E-state index in [9.17, 15) is 14.4 Å². The van der Waals surface area contributed by atoms with Crippen LogP contribution in [0, 0.1) is 7.43 Å². The molecule has 0 saturated heterocycles. The Hall–Kier alpha value is -0.630. The van der Waals surface area contributed by atoms with Gasteiger partial charge in [0, 0.05) is 0 Å². The van der Waals surface area contributed by atoms with E-state index < -0.39 is 36.4 Å². The third kappa shape index (κ3) is 7.32. The fraction of sp³-hybridized carbons (Fsp3) is 0.429. The molecule has 8 heteroatoms. The molecule has 0 radical (unpaired) electrons. The van der Waals surface area contributed by atoms with Gasteiger partial charge in [0.25, 0.3) is 0 Å². The van der Waals surface area contributed by atoms with Crippen LogP contribution in [0.5, 0.6) is 0 Å². The van der Waals surface area contributed by atoms with Crippen molar-refractivity contribution in [3.05, 3.63) is 7.43 Å². The van der Waals surface area contributed by atoms with Crippen LogP contribution < -0.4 is 29.6 Å². The summed E-state index contributed by atoms with van der Waals surface area (Å²) in [7, 11) is 0. The molecule has 0 saturated carbocycles. The number of aliphatic carboxylic acids is 3. The molecule has 0 heterocycles. The first kappa shape index (κ1) is 19.9. The predicted octanol–water partition coefficient (Wildman–Crippen LogP) is -3.79. The van der Waals surface area contributed by atoms with E-state index in [1.807, 2.05) is 0 Å². The molecule has 0 rings (SSSR count).